The van der Waals surface area contributed by atoms with E-state index in [0.29, 0.717) is 21.9 Å². The second kappa shape index (κ2) is 7.50. The quantitative estimate of drug-likeness (QED) is 0.321. The molecule has 0 saturated carbocycles. The Kier molecular flexibility index (Phi) is 4.74. The van der Waals surface area contributed by atoms with Gasteiger partial charge in [-0.25, -0.2) is 9.80 Å². The molecule has 0 atom stereocenters. The third-order valence-electron chi connectivity index (χ3n) is 4.01. The summed E-state index contributed by atoms with van der Waals surface area (Å²) < 4.78 is 5.35. The van der Waals surface area contributed by atoms with Crippen molar-refractivity contribution in [3.05, 3.63) is 88.1 Å². The Labute approximate surface area is 164 Å². The van der Waals surface area contributed by atoms with Crippen LogP contribution in [0, 0.1) is 0 Å². The van der Waals surface area contributed by atoms with Crippen molar-refractivity contribution in [1.29, 1.82) is 0 Å². The lowest BCUT2D eigenvalue weighted by Crippen LogP contribution is -2.35. The van der Waals surface area contributed by atoms with E-state index in [1.54, 1.807) is 66.0 Å². The summed E-state index contributed by atoms with van der Waals surface area (Å²) in [4.78, 5) is 37.5. The number of para-hydroxylation sites is 1. The number of hydrogen-bond acceptors (Lipinski definition) is 5. The summed E-state index contributed by atoms with van der Waals surface area (Å²) in [5.74, 6) is -1.06. The van der Waals surface area contributed by atoms with Crippen molar-refractivity contribution in [2.24, 2.45) is 0 Å². The molecule has 6 nitrogen and oxygen atoms in total. The number of benzene rings is 2. The van der Waals surface area contributed by atoms with Crippen molar-refractivity contribution in [3.63, 3.8) is 0 Å². The third kappa shape index (κ3) is 3.56. The molecule has 28 heavy (non-hydrogen) atoms. The Morgan fingerprint density at radius 3 is 2.57 bits per heavy atom. The van der Waals surface area contributed by atoms with E-state index in [2.05, 4.69) is 5.43 Å². The highest BCUT2D eigenvalue weighted by atomic mass is 32.1. The van der Waals surface area contributed by atoms with Crippen LogP contribution in [0.4, 0.5) is 5.69 Å². The van der Waals surface area contributed by atoms with Crippen molar-refractivity contribution in [2.75, 3.05) is 5.01 Å². The fourth-order valence-corrected chi connectivity index (χ4v) is 3.30. The molecular weight excluding hydrogens is 376 g/mol. The Morgan fingerprint density at radius 2 is 1.82 bits per heavy atom. The fourth-order valence-electron chi connectivity index (χ4n) is 2.70. The van der Waals surface area contributed by atoms with Crippen LogP contribution in [0.1, 0.15) is 15.2 Å². The number of esters is 1. The number of carbonyl (C=O) groups is 3. The number of hydrazine groups is 1. The number of thiophene rings is 1. The first kappa shape index (κ1) is 17.7. The van der Waals surface area contributed by atoms with E-state index >= 15 is 0 Å². The van der Waals surface area contributed by atoms with E-state index in [-0.39, 0.29) is 5.57 Å². The lowest BCUT2D eigenvalue weighted by atomic mass is 10.1. The molecule has 138 valence electrons. The van der Waals surface area contributed by atoms with Gasteiger partial charge in [0.15, 0.2) is 0 Å². The fraction of sp³-hybridized carbons (Fsp3) is 0. The van der Waals surface area contributed by atoms with Gasteiger partial charge in [0, 0.05) is 0 Å². The van der Waals surface area contributed by atoms with Gasteiger partial charge >= 0.3 is 5.97 Å². The van der Waals surface area contributed by atoms with Crippen molar-refractivity contribution in [2.45, 2.75) is 0 Å². The molecule has 2 aromatic carbocycles. The van der Waals surface area contributed by atoms with Crippen molar-refractivity contribution in [1.82, 2.24) is 5.43 Å². The first-order valence-electron chi connectivity index (χ1n) is 8.40. The molecule has 1 N–H and O–H groups in total. The second-order valence-corrected chi connectivity index (χ2v) is 6.86. The summed E-state index contributed by atoms with van der Waals surface area (Å²) >= 11 is 1.29. The van der Waals surface area contributed by atoms with Gasteiger partial charge in [-0.2, -0.15) is 0 Å². The number of carbonyl (C=O) groups excluding carboxylic acids is 3. The van der Waals surface area contributed by atoms with Crippen LogP contribution in [-0.4, -0.2) is 17.8 Å². The summed E-state index contributed by atoms with van der Waals surface area (Å²) in [6.07, 6.45) is 1.48. The highest BCUT2D eigenvalue weighted by molar-refractivity contribution is 7.12. The van der Waals surface area contributed by atoms with E-state index in [4.69, 9.17) is 4.74 Å². The van der Waals surface area contributed by atoms with Crippen LogP contribution in [0.25, 0.3) is 6.08 Å². The molecule has 1 aliphatic heterocycles. The first-order valence-corrected chi connectivity index (χ1v) is 9.28. The lowest BCUT2D eigenvalue weighted by molar-refractivity contribution is -0.117. The molecule has 1 saturated heterocycles. The maximum Gasteiger partial charge on any atom is 0.353 e. The van der Waals surface area contributed by atoms with Gasteiger partial charge in [0.1, 0.15) is 16.2 Å². The van der Waals surface area contributed by atoms with Crippen LogP contribution in [0.5, 0.6) is 5.75 Å². The zero-order valence-corrected chi connectivity index (χ0v) is 15.3. The Morgan fingerprint density at radius 1 is 1.00 bits per heavy atom. The summed E-state index contributed by atoms with van der Waals surface area (Å²) in [5.41, 5.74) is 3.70. The van der Waals surface area contributed by atoms with Crippen molar-refractivity contribution >= 4 is 40.9 Å². The number of hydrogen-bond donors (Lipinski definition) is 1. The Bertz CT molecular complexity index is 1070. The molecule has 0 bridgehead atoms. The standard InChI is InChI=1S/C21H14N2O4S/c24-19-17(20(25)23(22-19)15-7-2-1-3-8-15)13-14-6-4-9-16(12-14)27-21(26)18-10-5-11-28-18/h1-13H,(H,22,24). The van der Waals surface area contributed by atoms with Crippen LogP contribution >= 0.6 is 11.3 Å². The first-order chi connectivity index (χ1) is 13.6. The predicted molar refractivity (Wildman–Crippen MR) is 106 cm³/mol. The van der Waals surface area contributed by atoms with E-state index < -0.39 is 17.8 Å². The Hall–Kier alpha value is -3.71. The maximum atomic E-state index is 12.6. The number of nitrogens with zero attached hydrogens (tertiary/aromatic N) is 1. The molecule has 0 radical (unpaired) electrons. The van der Waals surface area contributed by atoms with E-state index in [0.717, 1.165) is 0 Å². The third-order valence-corrected chi connectivity index (χ3v) is 4.86. The molecule has 2 heterocycles. The van der Waals surface area contributed by atoms with Crippen LogP contribution in [0.15, 0.2) is 77.7 Å². The number of ether oxygens (including phenoxy) is 1. The molecule has 7 heteroatoms. The minimum absolute atomic E-state index is 0.00517. The number of nitrogens with one attached hydrogen (secondary N) is 1. The molecule has 3 aromatic rings. The number of anilines is 1. The molecule has 4 rings (SSSR count). The normalized spacial score (nSPS) is 15.0. The highest BCUT2D eigenvalue weighted by Crippen LogP contribution is 2.23. The summed E-state index contributed by atoms with van der Waals surface area (Å²) in [5, 5.41) is 3.00. The number of amides is 2. The summed E-state index contributed by atoms with van der Waals surface area (Å²) in [6.45, 7) is 0. The average Bonchev–Trinajstić information content (AvgIpc) is 3.34. The second-order valence-electron chi connectivity index (χ2n) is 5.91. The van der Waals surface area contributed by atoms with Gasteiger partial charge in [-0.15, -0.1) is 11.3 Å². The monoisotopic (exact) mass is 390 g/mol. The average molecular weight is 390 g/mol. The van der Waals surface area contributed by atoms with E-state index in [9.17, 15) is 14.4 Å². The minimum Gasteiger partial charge on any atom is -0.422 e. The minimum atomic E-state index is -0.491. The summed E-state index contributed by atoms with van der Waals surface area (Å²) in [6, 6.07) is 18.9. The SMILES string of the molecule is O=C1NN(c2ccccc2)C(=O)C1=Cc1cccc(OC(=O)c2cccs2)c1. The Balaban J connectivity index is 1.56. The largest absolute Gasteiger partial charge is 0.422 e. The van der Waals surface area contributed by atoms with Crippen LogP contribution in [-0.2, 0) is 9.59 Å². The molecule has 1 fully saturated rings. The molecule has 1 aromatic heterocycles. The smallest absolute Gasteiger partial charge is 0.353 e. The zero-order chi connectivity index (χ0) is 19.5. The van der Waals surface area contributed by atoms with E-state index in [1.807, 2.05) is 6.07 Å². The topological polar surface area (TPSA) is 75.7 Å². The van der Waals surface area contributed by atoms with Gasteiger partial charge in [-0.05, 0) is 47.4 Å². The predicted octanol–water partition coefficient (Wildman–Crippen LogP) is 3.43. The van der Waals surface area contributed by atoms with Gasteiger partial charge in [0.25, 0.3) is 11.8 Å². The van der Waals surface area contributed by atoms with Gasteiger partial charge < -0.3 is 4.74 Å². The molecule has 1 aliphatic rings. The highest BCUT2D eigenvalue weighted by Gasteiger charge is 2.34. The van der Waals surface area contributed by atoms with Crippen LogP contribution in [0.2, 0.25) is 0 Å². The zero-order valence-electron chi connectivity index (χ0n) is 14.5. The summed E-state index contributed by atoms with van der Waals surface area (Å²) in [7, 11) is 0. The van der Waals surface area contributed by atoms with Gasteiger partial charge in [0.05, 0.1) is 5.69 Å². The van der Waals surface area contributed by atoms with Crippen LogP contribution in [0.3, 0.4) is 0 Å². The van der Waals surface area contributed by atoms with Gasteiger partial charge in [-0.1, -0.05) is 36.4 Å². The van der Waals surface area contributed by atoms with Crippen molar-refractivity contribution < 1.29 is 19.1 Å². The lowest BCUT2D eigenvalue weighted by Gasteiger charge is -2.13. The molecule has 0 aliphatic carbocycles. The van der Waals surface area contributed by atoms with Crippen LogP contribution < -0.4 is 15.2 Å². The van der Waals surface area contributed by atoms with Gasteiger partial charge in [0.2, 0.25) is 0 Å². The number of rotatable bonds is 4. The van der Waals surface area contributed by atoms with Crippen molar-refractivity contribution in [3.8, 4) is 5.75 Å². The maximum absolute atomic E-state index is 12.6. The van der Waals surface area contributed by atoms with Gasteiger partial charge in [-0.3, -0.25) is 15.0 Å². The molecule has 0 spiro atoms. The van der Waals surface area contributed by atoms with E-state index in [1.165, 1.54) is 22.4 Å². The molecule has 0 unspecified atom stereocenters. The molecular formula is C21H14N2O4S. The molecule has 2 amide bonds.